The summed E-state index contributed by atoms with van der Waals surface area (Å²) < 4.78 is 3.95. The van der Waals surface area contributed by atoms with E-state index in [1.807, 2.05) is 13.0 Å². The number of hydrogen-bond donors (Lipinski definition) is 1. The molecule has 3 rings (SSSR count). The van der Waals surface area contributed by atoms with Crippen LogP contribution in [-0.2, 0) is 7.05 Å². The highest BCUT2D eigenvalue weighted by Gasteiger charge is 2.13. The number of aromatic amines is 1. The Morgan fingerprint density at radius 1 is 1.32 bits per heavy atom. The summed E-state index contributed by atoms with van der Waals surface area (Å²) in [5.41, 5.74) is 2.35. The Kier molecular flexibility index (Phi) is 3.33. The van der Waals surface area contributed by atoms with Gasteiger partial charge in [0.2, 0.25) is 0 Å². The number of nitro groups is 1. The first kappa shape index (κ1) is 14.1. The maximum absolute atomic E-state index is 10.7. The van der Waals surface area contributed by atoms with Gasteiger partial charge in [0.05, 0.1) is 10.6 Å². The molecule has 2 aromatic heterocycles. The molecule has 0 bridgehead atoms. The second kappa shape index (κ2) is 5.19. The zero-order valence-electron chi connectivity index (χ0n) is 11.8. The van der Waals surface area contributed by atoms with Crippen molar-refractivity contribution in [1.82, 2.24) is 24.5 Å². The second-order valence-electron chi connectivity index (χ2n) is 4.77. The number of rotatable bonds is 3. The van der Waals surface area contributed by atoms with Gasteiger partial charge in [-0.25, -0.2) is 4.68 Å². The maximum atomic E-state index is 10.7. The average molecular weight is 316 g/mol. The standard InChI is InChI=1S/C13H12N6O2S/c1-8-7-11(12-14-15-13(22)17(12)2)16-18(8)9-3-5-10(6-4-9)19(20)21/h3-7H,1-2H3,(H,15,22). The van der Waals surface area contributed by atoms with Gasteiger partial charge in [-0.05, 0) is 37.3 Å². The Balaban J connectivity index is 2.04. The van der Waals surface area contributed by atoms with E-state index in [4.69, 9.17) is 12.2 Å². The van der Waals surface area contributed by atoms with Crippen molar-refractivity contribution < 1.29 is 4.92 Å². The van der Waals surface area contributed by atoms with Crippen LogP contribution in [0, 0.1) is 21.8 Å². The molecule has 0 amide bonds. The Hall–Kier alpha value is -2.81. The largest absolute Gasteiger partial charge is 0.302 e. The van der Waals surface area contributed by atoms with Gasteiger partial charge < -0.3 is 4.57 Å². The zero-order valence-corrected chi connectivity index (χ0v) is 12.7. The Bertz CT molecular complexity index is 906. The van der Waals surface area contributed by atoms with Crippen LogP contribution in [0.2, 0.25) is 0 Å². The molecule has 2 heterocycles. The highest BCUT2D eigenvalue weighted by Crippen LogP contribution is 2.21. The number of aryl methyl sites for hydroxylation is 1. The number of nitrogens with one attached hydrogen (secondary N) is 1. The Morgan fingerprint density at radius 2 is 2.00 bits per heavy atom. The highest BCUT2D eigenvalue weighted by atomic mass is 32.1. The molecule has 0 radical (unpaired) electrons. The quantitative estimate of drug-likeness (QED) is 0.455. The molecule has 0 spiro atoms. The SMILES string of the molecule is Cc1cc(-c2n[nH]c(=S)n2C)nn1-c1ccc([N+](=O)[O-])cc1. The third-order valence-corrected chi connectivity index (χ3v) is 3.67. The molecule has 0 atom stereocenters. The van der Waals surface area contributed by atoms with Gasteiger partial charge in [0.15, 0.2) is 10.6 Å². The van der Waals surface area contributed by atoms with Crippen LogP contribution in [0.15, 0.2) is 30.3 Å². The van der Waals surface area contributed by atoms with E-state index in [9.17, 15) is 10.1 Å². The van der Waals surface area contributed by atoms with Gasteiger partial charge in [0.25, 0.3) is 5.69 Å². The fourth-order valence-electron chi connectivity index (χ4n) is 2.14. The summed E-state index contributed by atoms with van der Waals surface area (Å²) in [6, 6.07) is 8.10. The molecule has 8 nitrogen and oxygen atoms in total. The van der Waals surface area contributed by atoms with E-state index in [-0.39, 0.29) is 5.69 Å². The molecule has 0 saturated carbocycles. The van der Waals surface area contributed by atoms with Gasteiger partial charge in [-0.3, -0.25) is 15.2 Å². The molecular formula is C13H12N6O2S. The first-order chi connectivity index (χ1) is 10.5. The summed E-state index contributed by atoms with van der Waals surface area (Å²) in [5, 5.41) is 22.1. The van der Waals surface area contributed by atoms with Crippen molar-refractivity contribution in [3.8, 4) is 17.2 Å². The number of nitrogens with zero attached hydrogens (tertiary/aromatic N) is 5. The van der Waals surface area contributed by atoms with E-state index in [0.29, 0.717) is 16.3 Å². The van der Waals surface area contributed by atoms with Crippen LogP contribution in [0.4, 0.5) is 5.69 Å². The fourth-order valence-corrected chi connectivity index (χ4v) is 2.27. The normalized spacial score (nSPS) is 10.8. The van der Waals surface area contributed by atoms with Crippen LogP contribution in [0.25, 0.3) is 17.2 Å². The van der Waals surface area contributed by atoms with Gasteiger partial charge in [-0.15, -0.1) is 0 Å². The summed E-state index contributed by atoms with van der Waals surface area (Å²) in [5.74, 6) is 0.633. The molecule has 0 aliphatic heterocycles. The topological polar surface area (TPSA) is 94.6 Å². The lowest BCUT2D eigenvalue weighted by molar-refractivity contribution is -0.384. The van der Waals surface area contributed by atoms with Gasteiger partial charge >= 0.3 is 0 Å². The van der Waals surface area contributed by atoms with Crippen LogP contribution in [0.3, 0.4) is 0 Å². The van der Waals surface area contributed by atoms with Crippen molar-refractivity contribution in [2.75, 3.05) is 0 Å². The van der Waals surface area contributed by atoms with E-state index in [0.717, 1.165) is 11.4 Å². The molecule has 0 saturated heterocycles. The van der Waals surface area contributed by atoms with Crippen LogP contribution in [-0.4, -0.2) is 29.5 Å². The average Bonchev–Trinajstić information content (AvgIpc) is 3.03. The third-order valence-electron chi connectivity index (χ3n) is 3.30. The second-order valence-corrected chi connectivity index (χ2v) is 5.15. The molecule has 9 heteroatoms. The first-order valence-corrected chi connectivity index (χ1v) is 6.81. The lowest BCUT2D eigenvalue weighted by Crippen LogP contribution is -2.00. The molecule has 112 valence electrons. The minimum absolute atomic E-state index is 0.0447. The van der Waals surface area contributed by atoms with Gasteiger partial charge in [-0.1, -0.05) is 0 Å². The van der Waals surface area contributed by atoms with Gasteiger partial charge in [0.1, 0.15) is 5.69 Å². The molecule has 0 aliphatic rings. The lowest BCUT2D eigenvalue weighted by Gasteiger charge is -2.03. The summed E-state index contributed by atoms with van der Waals surface area (Å²) in [4.78, 5) is 10.3. The third kappa shape index (κ3) is 2.31. The molecule has 22 heavy (non-hydrogen) atoms. The summed E-state index contributed by atoms with van der Waals surface area (Å²) in [6.07, 6.45) is 0. The van der Waals surface area contributed by atoms with E-state index in [2.05, 4.69) is 15.3 Å². The molecule has 0 fully saturated rings. The fraction of sp³-hybridized carbons (Fsp3) is 0.154. The first-order valence-electron chi connectivity index (χ1n) is 6.40. The summed E-state index contributed by atoms with van der Waals surface area (Å²) in [6.45, 7) is 1.90. The molecular weight excluding hydrogens is 304 g/mol. The Morgan fingerprint density at radius 3 is 2.55 bits per heavy atom. The van der Waals surface area contributed by atoms with Gasteiger partial charge in [0, 0.05) is 24.9 Å². The number of benzene rings is 1. The van der Waals surface area contributed by atoms with E-state index >= 15 is 0 Å². The molecule has 1 N–H and O–H groups in total. The van der Waals surface area contributed by atoms with Crippen LogP contribution < -0.4 is 0 Å². The number of nitro benzene ring substituents is 1. The number of H-pyrrole nitrogens is 1. The predicted molar refractivity (Wildman–Crippen MR) is 82.3 cm³/mol. The minimum atomic E-state index is -0.431. The monoisotopic (exact) mass is 316 g/mol. The Labute approximate surface area is 130 Å². The maximum Gasteiger partial charge on any atom is 0.269 e. The number of hydrogen-bond acceptors (Lipinski definition) is 5. The molecule has 1 aromatic carbocycles. The van der Waals surface area contributed by atoms with Crippen LogP contribution >= 0.6 is 12.2 Å². The number of aromatic nitrogens is 5. The van der Waals surface area contributed by atoms with Crippen molar-refractivity contribution in [2.24, 2.45) is 7.05 Å². The van der Waals surface area contributed by atoms with E-state index in [1.54, 1.807) is 28.4 Å². The van der Waals surface area contributed by atoms with Crippen LogP contribution in [0.1, 0.15) is 5.69 Å². The van der Waals surface area contributed by atoms with Crippen molar-refractivity contribution in [3.05, 3.63) is 50.9 Å². The minimum Gasteiger partial charge on any atom is -0.302 e. The zero-order chi connectivity index (χ0) is 15.9. The van der Waals surface area contributed by atoms with Crippen molar-refractivity contribution in [2.45, 2.75) is 6.92 Å². The predicted octanol–water partition coefficient (Wildman–Crippen LogP) is 2.55. The van der Waals surface area contributed by atoms with Crippen molar-refractivity contribution in [3.63, 3.8) is 0 Å². The highest BCUT2D eigenvalue weighted by molar-refractivity contribution is 7.71. The molecule has 0 unspecified atom stereocenters. The summed E-state index contributed by atoms with van der Waals surface area (Å²) in [7, 11) is 1.81. The van der Waals surface area contributed by atoms with Crippen molar-refractivity contribution in [1.29, 1.82) is 0 Å². The summed E-state index contributed by atoms with van der Waals surface area (Å²) >= 11 is 5.09. The van der Waals surface area contributed by atoms with Crippen molar-refractivity contribution >= 4 is 17.9 Å². The number of non-ortho nitro benzene ring substituents is 1. The smallest absolute Gasteiger partial charge is 0.269 e. The lowest BCUT2D eigenvalue weighted by atomic mass is 10.3. The molecule has 3 aromatic rings. The van der Waals surface area contributed by atoms with Crippen LogP contribution in [0.5, 0.6) is 0 Å². The van der Waals surface area contributed by atoms with E-state index < -0.39 is 4.92 Å². The molecule has 0 aliphatic carbocycles. The van der Waals surface area contributed by atoms with E-state index in [1.165, 1.54) is 12.1 Å². The van der Waals surface area contributed by atoms with Gasteiger partial charge in [-0.2, -0.15) is 10.2 Å².